The van der Waals surface area contributed by atoms with Gasteiger partial charge in [0.25, 0.3) is 11.2 Å². The molecule has 2 aromatic carbocycles. The van der Waals surface area contributed by atoms with E-state index in [4.69, 9.17) is 9.15 Å². The van der Waals surface area contributed by atoms with Crippen LogP contribution >= 0.6 is 11.3 Å². The number of benzene rings is 2. The Morgan fingerprint density at radius 1 is 1.20 bits per heavy atom. The van der Waals surface area contributed by atoms with Crippen LogP contribution in [-0.4, -0.2) is 36.2 Å². The number of thiazole rings is 1. The van der Waals surface area contributed by atoms with Crippen LogP contribution in [-0.2, 0) is 9.53 Å². The SMILES string of the molecule is CCOC(=O)C1=C(C)N=c2s/c(=C/c3ccc(-c4cccc([N+](=O)[O-])c4)o3)c(=O)n2[C@@H]1c1ccc(N(C)C)cc1. The predicted octanol–water partition coefficient (Wildman–Crippen LogP) is 4.03. The fraction of sp³-hybridized carbons (Fsp3) is 0.207. The van der Waals surface area contributed by atoms with E-state index < -0.39 is 16.9 Å². The number of nitro benzene ring substituents is 1. The van der Waals surface area contributed by atoms with Crippen molar-refractivity contribution in [2.24, 2.45) is 4.99 Å². The molecule has 40 heavy (non-hydrogen) atoms. The molecule has 0 aliphatic carbocycles. The number of carbonyl (C=O) groups is 1. The van der Waals surface area contributed by atoms with Gasteiger partial charge in [-0.05, 0) is 43.7 Å². The maximum atomic E-state index is 13.8. The first-order chi connectivity index (χ1) is 19.2. The van der Waals surface area contributed by atoms with Crippen molar-refractivity contribution in [2.45, 2.75) is 19.9 Å². The van der Waals surface area contributed by atoms with Crippen LogP contribution in [0.1, 0.15) is 31.2 Å². The van der Waals surface area contributed by atoms with Crippen LogP contribution in [0.3, 0.4) is 0 Å². The summed E-state index contributed by atoms with van der Waals surface area (Å²) in [6.07, 6.45) is 1.61. The number of aromatic nitrogens is 1. The van der Waals surface area contributed by atoms with Gasteiger partial charge in [0.15, 0.2) is 4.80 Å². The first kappa shape index (κ1) is 26.8. The van der Waals surface area contributed by atoms with Crippen LogP contribution in [0.15, 0.2) is 86.1 Å². The zero-order chi connectivity index (χ0) is 28.6. The number of nitrogens with zero attached hydrogens (tertiary/aromatic N) is 4. The molecule has 0 unspecified atom stereocenters. The molecule has 0 radical (unpaired) electrons. The molecule has 0 bridgehead atoms. The maximum absolute atomic E-state index is 13.8. The second-order valence-electron chi connectivity index (χ2n) is 9.30. The van der Waals surface area contributed by atoms with Gasteiger partial charge in [-0.2, -0.15) is 0 Å². The third-order valence-corrected chi connectivity index (χ3v) is 7.47. The molecule has 2 aromatic heterocycles. The Labute approximate surface area is 232 Å². The molecule has 1 aliphatic heterocycles. The summed E-state index contributed by atoms with van der Waals surface area (Å²) in [4.78, 5) is 44.6. The van der Waals surface area contributed by atoms with Gasteiger partial charge in [-0.25, -0.2) is 9.79 Å². The van der Waals surface area contributed by atoms with Crippen molar-refractivity contribution >= 4 is 34.8 Å². The van der Waals surface area contributed by atoms with Crippen LogP contribution in [0.4, 0.5) is 11.4 Å². The first-order valence-corrected chi connectivity index (χ1v) is 13.3. The molecule has 3 heterocycles. The smallest absolute Gasteiger partial charge is 0.338 e. The van der Waals surface area contributed by atoms with E-state index in [1.165, 1.54) is 28.0 Å². The van der Waals surface area contributed by atoms with Crippen molar-refractivity contribution in [1.82, 2.24) is 4.57 Å². The van der Waals surface area contributed by atoms with E-state index in [2.05, 4.69) is 4.99 Å². The summed E-state index contributed by atoms with van der Waals surface area (Å²) in [5.74, 6) is 0.314. The maximum Gasteiger partial charge on any atom is 0.338 e. The van der Waals surface area contributed by atoms with E-state index in [0.717, 1.165) is 11.3 Å². The Morgan fingerprint density at radius 3 is 2.62 bits per heavy atom. The molecular weight excluding hydrogens is 532 g/mol. The lowest BCUT2D eigenvalue weighted by atomic mass is 9.95. The number of hydrogen-bond donors (Lipinski definition) is 0. The Kier molecular flexibility index (Phi) is 7.22. The van der Waals surface area contributed by atoms with Crippen LogP contribution < -0.4 is 19.8 Å². The lowest BCUT2D eigenvalue weighted by Gasteiger charge is -2.25. The standard InChI is InChI=1S/C29H26N4O6S/c1-5-38-28(35)25-17(2)30-29-32(26(25)18-9-11-20(12-10-18)31(3)4)27(34)24(40-29)16-22-13-14-23(39-22)19-7-6-8-21(15-19)33(36)37/h6-16,26H,5H2,1-4H3/b24-16+/t26-/m1/s1. The normalized spacial score (nSPS) is 15.0. The second-order valence-corrected chi connectivity index (χ2v) is 10.3. The first-order valence-electron chi connectivity index (χ1n) is 12.5. The number of ether oxygens (including phenoxy) is 1. The molecule has 0 N–H and O–H groups in total. The summed E-state index contributed by atoms with van der Waals surface area (Å²) in [7, 11) is 3.87. The number of fused-ring (bicyclic) bond motifs is 1. The number of nitro groups is 1. The highest BCUT2D eigenvalue weighted by Gasteiger charge is 2.33. The van der Waals surface area contributed by atoms with Gasteiger partial charge in [0.1, 0.15) is 11.5 Å². The van der Waals surface area contributed by atoms with E-state index in [1.54, 1.807) is 44.2 Å². The number of furan rings is 1. The molecule has 10 nitrogen and oxygen atoms in total. The molecule has 11 heteroatoms. The van der Waals surface area contributed by atoms with E-state index in [-0.39, 0.29) is 17.9 Å². The molecule has 0 amide bonds. The van der Waals surface area contributed by atoms with Gasteiger partial charge in [0.05, 0.1) is 33.4 Å². The second kappa shape index (κ2) is 10.8. The van der Waals surface area contributed by atoms with Crippen LogP contribution in [0.5, 0.6) is 0 Å². The van der Waals surface area contributed by atoms with E-state index >= 15 is 0 Å². The quantitative estimate of drug-likeness (QED) is 0.191. The third kappa shape index (κ3) is 4.98. The molecule has 4 aromatic rings. The van der Waals surface area contributed by atoms with E-state index in [9.17, 15) is 19.7 Å². The fourth-order valence-corrected chi connectivity index (χ4v) is 5.58. The number of allylic oxidation sites excluding steroid dienone is 1. The van der Waals surface area contributed by atoms with Crippen molar-refractivity contribution in [3.63, 3.8) is 0 Å². The van der Waals surface area contributed by atoms with Crippen molar-refractivity contribution in [3.8, 4) is 11.3 Å². The van der Waals surface area contributed by atoms with Gasteiger partial charge in [-0.1, -0.05) is 35.6 Å². The number of esters is 1. The highest BCUT2D eigenvalue weighted by Crippen LogP contribution is 2.32. The summed E-state index contributed by atoms with van der Waals surface area (Å²) < 4.78 is 13.2. The van der Waals surface area contributed by atoms with Gasteiger partial charge in [0.2, 0.25) is 0 Å². The minimum Gasteiger partial charge on any atom is -0.463 e. The largest absolute Gasteiger partial charge is 0.463 e. The summed E-state index contributed by atoms with van der Waals surface area (Å²) in [5, 5.41) is 11.2. The topological polar surface area (TPSA) is 120 Å². The van der Waals surface area contributed by atoms with Gasteiger partial charge in [-0.3, -0.25) is 19.5 Å². The number of carbonyl (C=O) groups excluding carboxylic acids is 1. The Hall–Kier alpha value is -4.77. The van der Waals surface area contributed by atoms with Crippen molar-refractivity contribution in [2.75, 3.05) is 25.6 Å². The Morgan fingerprint density at radius 2 is 1.95 bits per heavy atom. The van der Waals surface area contributed by atoms with Gasteiger partial charge in [-0.15, -0.1) is 0 Å². The lowest BCUT2D eigenvalue weighted by molar-refractivity contribution is -0.384. The lowest BCUT2D eigenvalue weighted by Crippen LogP contribution is -2.39. The minimum absolute atomic E-state index is 0.0462. The van der Waals surface area contributed by atoms with Crippen LogP contribution in [0.25, 0.3) is 17.4 Å². The van der Waals surface area contributed by atoms with Crippen molar-refractivity contribution in [1.29, 1.82) is 0 Å². The predicted molar refractivity (Wildman–Crippen MR) is 152 cm³/mol. The van der Waals surface area contributed by atoms with E-state index in [1.807, 2.05) is 43.3 Å². The van der Waals surface area contributed by atoms with Crippen LogP contribution in [0, 0.1) is 10.1 Å². The number of hydrogen-bond acceptors (Lipinski definition) is 9. The molecule has 5 rings (SSSR count). The molecule has 0 fully saturated rings. The Bertz CT molecular complexity index is 1830. The number of anilines is 1. The minimum atomic E-state index is -0.717. The number of rotatable bonds is 7. The summed E-state index contributed by atoms with van der Waals surface area (Å²) in [6, 6.07) is 16.5. The zero-order valence-corrected chi connectivity index (χ0v) is 23.1. The van der Waals surface area contributed by atoms with E-state index in [0.29, 0.717) is 37.7 Å². The Balaban J connectivity index is 1.61. The molecular formula is C29H26N4O6S. The molecule has 204 valence electrons. The van der Waals surface area contributed by atoms with Crippen molar-refractivity contribution in [3.05, 3.63) is 113 Å². The monoisotopic (exact) mass is 558 g/mol. The molecule has 0 saturated carbocycles. The van der Waals surface area contributed by atoms with Gasteiger partial charge in [0, 0.05) is 43.6 Å². The van der Waals surface area contributed by atoms with Crippen LogP contribution in [0.2, 0.25) is 0 Å². The highest BCUT2D eigenvalue weighted by molar-refractivity contribution is 7.07. The summed E-state index contributed by atoms with van der Waals surface area (Å²) >= 11 is 1.19. The fourth-order valence-electron chi connectivity index (χ4n) is 4.55. The molecule has 1 atom stereocenters. The average Bonchev–Trinajstić information content (AvgIpc) is 3.52. The molecule has 1 aliphatic rings. The average molecular weight is 559 g/mol. The highest BCUT2D eigenvalue weighted by atomic mass is 32.1. The molecule has 0 spiro atoms. The zero-order valence-electron chi connectivity index (χ0n) is 22.3. The van der Waals surface area contributed by atoms with Gasteiger partial charge >= 0.3 is 5.97 Å². The van der Waals surface area contributed by atoms with Crippen molar-refractivity contribution < 1.29 is 18.9 Å². The third-order valence-electron chi connectivity index (χ3n) is 6.48. The molecule has 0 saturated heterocycles. The number of non-ortho nitro benzene ring substituents is 1. The summed E-state index contributed by atoms with van der Waals surface area (Å²) in [5.41, 5.74) is 2.70. The summed E-state index contributed by atoms with van der Waals surface area (Å²) in [6.45, 7) is 3.66. The van der Waals surface area contributed by atoms with Gasteiger partial charge < -0.3 is 14.1 Å².